The lowest BCUT2D eigenvalue weighted by Crippen LogP contribution is -2.36. The summed E-state index contributed by atoms with van der Waals surface area (Å²) < 4.78 is 65.6. The lowest BCUT2D eigenvalue weighted by molar-refractivity contribution is -0.130. The number of aromatic nitrogens is 4. The van der Waals surface area contributed by atoms with Gasteiger partial charge in [-0.25, -0.2) is 23.1 Å². The number of aromatic amines is 1. The van der Waals surface area contributed by atoms with E-state index in [9.17, 15) is 21.6 Å². The van der Waals surface area contributed by atoms with Gasteiger partial charge >= 0.3 is 6.18 Å². The molecule has 152 valence electrons. The third kappa shape index (κ3) is 3.72. The molecular weight excluding hydrogens is 395 g/mol. The molecule has 28 heavy (non-hydrogen) atoms. The molecule has 0 spiro atoms. The van der Waals surface area contributed by atoms with Gasteiger partial charge in [-0.05, 0) is 24.8 Å². The van der Waals surface area contributed by atoms with Crippen LogP contribution in [0.2, 0.25) is 0 Å². The molecule has 1 aliphatic rings. The zero-order valence-electron chi connectivity index (χ0n) is 15.1. The molecule has 3 aromatic rings. The molecule has 0 bridgehead atoms. The summed E-state index contributed by atoms with van der Waals surface area (Å²) in [5.41, 5.74) is 3.25. The second-order valence-corrected chi connectivity index (χ2v) is 9.27. The molecule has 1 saturated carbocycles. The Morgan fingerprint density at radius 1 is 1.29 bits per heavy atom. The van der Waals surface area contributed by atoms with E-state index >= 15 is 0 Å². The van der Waals surface area contributed by atoms with Crippen LogP contribution in [-0.4, -0.2) is 45.7 Å². The Kier molecular flexibility index (Phi) is 4.61. The third-order valence-corrected chi connectivity index (χ3v) is 6.77. The standard InChI is InChI=1S/C17H20F3N5O2S/c1-10-6-11(24-28(26,27)5-3-17(18,19)20)7-12(10)14-8-22-15-9-23-16-13(25(14)15)2-4-21-16/h2,4,8-12,21,24H,3,5-7H2,1H3/t10-,11+,12+/m0/s1. The van der Waals surface area contributed by atoms with Crippen LogP contribution in [0.15, 0.2) is 24.7 Å². The number of nitrogens with one attached hydrogen (secondary N) is 2. The minimum absolute atomic E-state index is 0.0332. The Balaban J connectivity index is 1.55. The molecule has 0 aromatic carbocycles. The summed E-state index contributed by atoms with van der Waals surface area (Å²) in [7, 11) is -3.99. The highest BCUT2D eigenvalue weighted by molar-refractivity contribution is 7.89. The number of hydrogen-bond donors (Lipinski definition) is 2. The molecule has 0 radical (unpaired) electrons. The molecule has 0 aliphatic heterocycles. The second-order valence-electron chi connectivity index (χ2n) is 7.40. The van der Waals surface area contributed by atoms with E-state index in [0.717, 1.165) is 16.9 Å². The summed E-state index contributed by atoms with van der Waals surface area (Å²) >= 11 is 0. The SMILES string of the molecule is C[C@H]1C[C@@H](NS(=O)(=O)CCC(F)(F)F)C[C@H]1c1cnc2cnc3[nH]ccc3n12. The topological polar surface area (TPSA) is 92.2 Å². The number of nitrogens with zero attached hydrogens (tertiary/aromatic N) is 3. The fourth-order valence-corrected chi connectivity index (χ4v) is 5.39. The van der Waals surface area contributed by atoms with Crippen molar-refractivity contribution in [3.63, 3.8) is 0 Å². The molecule has 1 fully saturated rings. The van der Waals surface area contributed by atoms with E-state index in [0.29, 0.717) is 18.5 Å². The van der Waals surface area contributed by atoms with E-state index in [4.69, 9.17) is 0 Å². The Bertz CT molecular complexity index is 1110. The summed E-state index contributed by atoms with van der Waals surface area (Å²) in [6.07, 6.45) is 0.451. The number of rotatable bonds is 5. The van der Waals surface area contributed by atoms with Crippen molar-refractivity contribution in [2.45, 2.75) is 44.3 Å². The third-order valence-electron chi connectivity index (χ3n) is 5.33. The normalized spacial score (nSPS) is 23.8. The molecule has 3 aromatic heterocycles. The van der Waals surface area contributed by atoms with Gasteiger partial charge in [-0.15, -0.1) is 0 Å². The Labute approximate surface area is 159 Å². The van der Waals surface area contributed by atoms with Gasteiger partial charge in [0.25, 0.3) is 0 Å². The van der Waals surface area contributed by atoms with Crippen molar-refractivity contribution in [2.75, 3.05) is 5.75 Å². The van der Waals surface area contributed by atoms with Crippen LogP contribution in [0.25, 0.3) is 16.8 Å². The van der Waals surface area contributed by atoms with Crippen molar-refractivity contribution in [1.29, 1.82) is 0 Å². The number of halogens is 3. The number of imidazole rings is 1. The first-order valence-corrected chi connectivity index (χ1v) is 10.6. The van der Waals surface area contributed by atoms with E-state index in [2.05, 4.69) is 19.7 Å². The van der Waals surface area contributed by atoms with Crippen molar-refractivity contribution in [1.82, 2.24) is 24.1 Å². The first kappa shape index (κ1) is 19.2. The van der Waals surface area contributed by atoms with E-state index in [-0.39, 0.29) is 11.8 Å². The Morgan fingerprint density at radius 2 is 2.07 bits per heavy atom. The minimum atomic E-state index is -4.49. The van der Waals surface area contributed by atoms with Crippen molar-refractivity contribution in [3.8, 4) is 0 Å². The van der Waals surface area contributed by atoms with Gasteiger partial charge < -0.3 is 4.98 Å². The van der Waals surface area contributed by atoms with Crippen LogP contribution in [0.5, 0.6) is 0 Å². The maximum atomic E-state index is 12.3. The van der Waals surface area contributed by atoms with Crippen molar-refractivity contribution < 1.29 is 21.6 Å². The van der Waals surface area contributed by atoms with Gasteiger partial charge in [0, 0.05) is 30.0 Å². The number of fused-ring (bicyclic) bond motifs is 3. The van der Waals surface area contributed by atoms with Crippen molar-refractivity contribution in [3.05, 3.63) is 30.4 Å². The molecule has 11 heteroatoms. The Hall–Kier alpha value is -2.14. The molecule has 3 heterocycles. The highest BCUT2D eigenvalue weighted by Gasteiger charge is 2.37. The maximum absolute atomic E-state index is 12.3. The molecule has 7 nitrogen and oxygen atoms in total. The predicted molar refractivity (Wildman–Crippen MR) is 97.4 cm³/mol. The highest BCUT2D eigenvalue weighted by atomic mass is 32.2. The largest absolute Gasteiger partial charge is 0.390 e. The second kappa shape index (κ2) is 6.73. The monoisotopic (exact) mass is 415 g/mol. The molecule has 0 saturated heterocycles. The number of sulfonamides is 1. The van der Waals surface area contributed by atoms with Crippen LogP contribution < -0.4 is 4.72 Å². The summed E-state index contributed by atoms with van der Waals surface area (Å²) in [6.45, 7) is 2.02. The van der Waals surface area contributed by atoms with Crippen LogP contribution >= 0.6 is 0 Å². The molecule has 2 N–H and O–H groups in total. The first-order chi connectivity index (χ1) is 13.1. The van der Waals surface area contributed by atoms with E-state index in [1.54, 1.807) is 18.6 Å². The van der Waals surface area contributed by atoms with Gasteiger partial charge in [0.05, 0.1) is 23.9 Å². The average molecular weight is 415 g/mol. The fourth-order valence-electron chi connectivity index (χ4n) is 4.07. The van der Waals surface area contributed by atoms with Gasteiger partial charge in [0.15, 0.2) is 11.3 Å². The lowest BCUT2D eigenvalue weighted by Gasteiger charge is -2.15. The first-order valence-electron chi connectivity index (χ1n) is 8.99. The van der Waals surface area contributed by atoms with Crippen LogP contribution in [0.4, 0.5) is 13.2 Å². The summed E-state index contributed by atoms with van der Waals surface area (Å²) in [5, 5.41) is 0. The summed E-state index contributed by atoms with van der Waals surface area (Å²) in [4.78, 5) is 11.8. The zero-order valence-corrected chi connectivity index (χ0v) is 15.9. The van der Waals surface area contributed by atoms with Crippen LogP contribution in [0.3, 0.4) is 0 Å². The van der Waals surface area contributed by atoms with E-state index in [1.165, 1.54) is 0 Å². The lowest BCUT2D eigenvalue weighted by atomic mass is 9.95. The van der Waals surface area contributed by atoms with E-state index < -0.39 is 34.4 Å². The van der Waals surface area contributed by atoms with Crippen molar-refractivity contribution >= 4 is 26.8 Å². The fraction of sp³-hybridized carbons (Fsp3) is 0.529. The van der Waals surface area contributed by atoms with Crippen molar-refractivity contribution in [2.24, 2.45) is 5.92 Å². The minimum Gasteiger partial charge on any atom is -0.345 e. The van der Waals surface area contributed by atoms with E-state index in [1.807, 2.05) is 17.4 Å². The molecule has 3 atom stereocenters. The summed E-state index contributed by atoms with van der Waals surface area (Å²) in [6, 6.07) is 1.50. The number of alkyl halides is 3. The number of H-pyrrole nitrogens is 1. The van der Waals surface area contributed by atoms with Crippen LogP contribution in [-0.2, 0) is 10.0 Å². The molecular formula is C17H20F3N5O2S. The highest BCUT2D eigenvalue weighted by Crippen LogP contribution is 2.40. The van der Waals surface area contributed by atoms with Gasteiger partial charge in [0.2, 0.25) is 10.0 Å². The van der Waals surface area contributed by atoms with Crippen LogP contribution in [0.1, 0.15) is 37.8 Å². The quantitative estimate of drug-likeness (QED) is 0.670. The summed E-state index contributed by atoms with van der Waals surface area (Å²) in [5.74, 6) is -0.764. The molecule has 4 rings (SSSR count). The van der Waals surface area contributed by atoms with Gasteiger partial charge in [0.1, 0.15) is 0 Å². The zero-order chi connectivity index (χ0) is 20.1. The molecule has 0 amide bonds. The van der Waals surface area contributed by atoms with Gasteiger partial charge in [-0.1, -0.05) is 6.92 Å². The van der Waals surface area contributed by atoms with Gasteiger partial charge in [-0.2, -0.15) is 13.2 Å². The Morgan fingerprint density at radius 3 is 2.82 bits per heavy atom. The maximum Gasteiger partial charge on any atom is 0.390 e. The molecule has 1 aliphatic carbocycles. The van der Waals surface area contributed by atoms with Gasteiger partial charge in [-0.3, -0.25) is 4.40 Å². The predicted octanol–water partition coefficient (Wildman–Crippen LogP) is 2.96. The smallest absolute Gasteiger partial charge is 0.345 e. The molecule has 0 unspecified atom stereocenters. The number of hydrogen-bond acceptors (Lipinski definition) is 4. The average Bonchev–Trinajstić information content (AvgIpc) is 3.29. The van der Waals surface area contributed by atoms with Crippen LogP contribution in [0, 0.1) is 5.92 Å².